The number of amides is 2. The molecule has 0 saturated carbocycles. The number of fused-ring (bicyclic) bond motifs is 10. The first-order valence-electron chi connectivity index (χ1n) is 9.64. The Balaban J connectivity index is 1.93. The van der Waals surface area contributed by atoms with Gasteiger partial charge in [0.05, 0.1) is 18.3 Å². The number of nitrogens with one attached hydrogen (secondary N) is 1. The van der Waals surface area contributed by atoms with Gasteiger partial charge in [0.15, 0.2) is 5.75 Å². The molecule has 2 atom stereocenters. The first kappa shape index (κ1) is 19.6. The summed E-state index contributed by atoms with van der Waals surface area (Å²) in [5, 5.41) is 25.6. The van der Waals surface area contributed by atoms with E-state index in [0.717, 1.165) is 4.90 Å². The minimum Gasteiger partial charge on any atom is -0.494 e. The molecule has 0 aliphatic carbocycles. The summed E-state index contributed by atoms with van der Waals surface area (Å²) in [6.07, 6.45) is 0. The summed E-state index contributed by atoms with van der Waals surface area (Å²) in [4.78, 5) is 30.6. The molecule has 2 aromatic carbocycles. The Morgan fingerprint density at radius 2 is 1.69 bits per heavy atom. The smallest absolute Gasteiger partial charge is 0.286 e. The number of nitrogens with zero attached hydrogens (tertiary/aromatic N) is 2. The van der Waals surface area contributed by atoms with Gasteiger partial charge in [0, 0.05) is 38.9 Å². The number of benzene rings is 2. The van der Waals surface area contributed by atoms with E-state index in [0.29, 0.717) is 49.0 Å². The summed E-state index contributed by atoms with van der Waals surface area (Å²) in [5.41, 5.74) is -3.74. The Kier molecular flexibility index (Phi) is 3.59. The second-order valence-electron chi connectivity index (χ2n) is 8.00. The highest BCUT2D eigenvalue weighted by atomic mass is 35.5. The Morgan fingerprint density at radius 3 is 2.41 bits per heavy atom. The monoisotopic (exact) mass is 471 g/mol. The van der Waals surface area contributed by atoms with Crippen molar-refractivity contribution < 1.29 is 24.5 Å². The van der Waals surface area contributed by atoms with Crippen molar-refractivity contribution in [1.29, 1.82) is 0 Å². The number of carbonyl (C=O) groups is 2. The van der Waals surface area contributed by atoms with Gasteiger partial charge < -0.3 is 19.9 Å². The zero-order chi connectivity index (χ0) is 22.7. The van der Waals surface area contributed by atoms with Crippen LogP contribution in [0.2, 0.25) is 10.0 Å². The van der Waals surface area contributed by atoms with Gasteiger partial charge in [-0.2, -0.15) is 0 Å². The lowest BCUT2D eigenvalue weighted by molar-refractivity contribution is -0.193. The highest BCUT2D eigenvalue weighted by Crippen LogP contribution is 2.59. The molecule has 4 aromatic rings. The molecule has 10 heteroatoms. The molecule has 0 spiro atoms. The number of imide groups is 1. The molecule has 162 valence electrons. The van der Waals surface area contributed by atoms with E-state index in [2.05, 4.69) is 4.98 Å². The number of likely N-dealkylation sites (tertiary alicyclic amines) is 1. The molecule has 1 fully saturated rings. The van der Waals surface area contributed by atoms with Crippen LogP contribution in [0.1, 0.15) is 5.56 Å². The molecule has 0 bridgehead atoms. The maximum absolute atomic E-state index is 13.4. The normalized spacial score (nSPS) is 24.2. The molecule has 2 amide bonds. The van der Waals surface area contributed by atoms with Crippen LogP contribution in [0, 0.1) is 0 Å². The number of hydrogen-bond donors (Lipinski definition) is 3. The molecular formula is C22H15Cl2N3O5. The summed E-state index contributed by atoms with van der Waals surface area (Å²) in [5.74, 6) is -1.59. The molecule has 0 radical (unpaired) electrons. The Bertz CT molecular complexity index is 1540. The average molecular weight is 472 g/mol. The maximum Gasteiger partial charge on any atom is 0.286 e. The van der Waals surface area contributed by atoms with E-state index >= 15 is 0 Å². The Labute approximate surface area is 190 Å². The fraction of sp³-hybridized carbons (Fsp3) is 0.182. The fourth-order valence-electron chi connectivity index (χ4n) is 5.13. The number of hydrogen-bond acceptors (Lipinski definition) is 5. The number of H-pyrrole nitrogens is 1. The second-order valence-corrected chi connectivity index (χ2v) is 8.87. The summed E-state index contributed by atoms with van der Waals surface area (Å²) in [6.45, 7) is 0. The van der Waals surface area contributed by atoms with Crippen molar-refractivity contribution in [1.82, 2.24) is 14.5 Å². The second kappa shape index (κ2) is 5.85. The number of aromatic nitrogens is 2. The number of aliphatic hydroxyl groups is 2. The minimum absolute atomic E-state index is 0.0555. The molecule has 2 aliphatic heterocycles. The van der Waals surface area contributed by atoms with Crippen LogP contribution >= 0.6 is 23.2 Å². The van der Waals surface area contributed by atoms with Crippen molar-refractivity contribution in [3.8, 4) is 17.1 Å². The van der Waals surface area contributed by atoms with Crippen LogP contribution in [0.25, 0.3) is 33.2 Å². The van der Waals surface area contributed by atoms with Gasteiger partial charge in [-0.3, -0.25) is 19.1 Å². The van der Waals surface area contributed by atoms with E-state index in [9.17, 15) is 19.8 Å². The van der Waals surface area contributed by atoms with Crippen molar-refractivity contribution in [3.05, 3.63) is 52.0 Å². The average Bonchev–Trinajstić information content (AvgIpc) is 3.34. The number of carbonyl (C=O) groups excluding carboxylic acids is 2. The zero-order valence-electron chi connectivity index (χ0n) is 16.7. The molecule has 0 unspecified atom stereocenters. The number of methoxy groups -OCH3 is 1. The third-order valence-electron chi connectivity index (χ3n) is 6.49. The third-order valence-corrected chi connectivity index (χ3v) is 6.96. The van der Waals surface area contributed by atoms with Gasteiger partial charge in [0.1, 0.15) is 5.69 Å². The molecule has 2 aromatic heterocycles. The van der Waals surface area contributed by atoms with Gasteiger partial charge in [-0.25, -0.2) is 0 Å². The lowest BCUT2D eigenvalue weighted by atomic mass is 9.79. The summed E-state index contributed by atoms with van der Waals surface area (Å²) >= 11 is 12.4. The first-order valence-corrected chi connectivity index (χ1v) is 10.4. The Morgan fingerprint density at radius 1 is 1.00 bits per heavy atom. The van der Waals surface area contributed by atoms with E-state index in [1.165, 1.54) is 18.7 Å². The number of rotatable bonds is 1. The number of likely N-dealkylation sites (N-methyl/N-ethyl adjacent to an activating group) is 1. The topological polar surface area (TPSA) is 108 Å². The van der Waals surface area contributed by atoms with Gasteiger partial charge >= 0.3 is 0 Å². The summed E-state index contributed by atoms with van der Waals surface area (Å²) in [7, 11) is 2.68. The van der Waals surface area contributed by atoms with Crippen LogP contribution in [-0.2, 0) is 20.9 Å². The number of halogens is 2. The van der Waals surface area contributed by atoms with E-state index in [4.69, 9.17) is 27.9 Å². The predicted molar refractivity (Wildman–Crippen MR) is 118 cm³/mol. The van der Waals surface area contributed by atoms with Crippen molar-refractivity contribution in [2.75, 3.05) is 14.2 Å². The molecule has 8 nitrogen and oxygen atoms in total. The van der Waals surface area contributed by atoms with E-state index in [1.807, 2.05) is 0 Å². The van der Waals surface area contributed by atoms with Crippen LogP contribution in [-0.4, -0.2) is 50.6 Å². The standard InChI is InChI=1S/C22H15Cl2N3O5/c1-26-19(28)21(30)15-12-7-9(23)4-6-13(12)25-16(15)17-18(32-2)11-5-3-10(24)8-14(11)27(17)22(21,31)20(26)29/h3-8,25,30-31H,1-2H3/t21-,22+/m1/s1. The highest BCUT2D eigenvalue weighted by molar-refractivity contribution is 6.32. The summed E-state index contributed by atoms with van der Waals surface area (Å²) in [6, 6.07) is 9.80. The van der Waals surface area contributed by atoms with Crippen LogP contribution in [0.3, 0.4) is 0 Å². The first-order chi connectivity index (χ1) is 15.2. The molecule has 2 aliphatic rings. The molecule has 4 heterocycles. The van der Waals surface area contributed by atoms with Gasteiger partial charge in [-0.15, -0.1) is 0 Å². The SMILES string of the molecule is COc1c2n(c3cc(Cl)ccc13)[C@]1(O)C(=O)N(C)C(=O)[C@]1(O)c1c-2[nH]c2ccc(Cl)cc12. The van der Waals surface area contributed by atoms with Gasteiger partial charge in [-0.1, -0.05) is 23.2 Å². The highest BCUT2D eigenvalue weighted by Gasteiger charge is 2.74. The lowest BCUT2D eigenvalue weighted by Crippen LogP contribution is -2.58. The van der Waals surface area contributed by atoms with Crippen molar-refractivity contribution in [3.63, 3.8) is 0 Å². The minimum atomic E-state index is -2.68. The van der Waals surface area contributed by atoms with E-state index in [-0.39, 0.29) is 5.56 Å². The largest absolute Gasteiger partial charge is 0.494 e. The lowest BCUT2D eigenvalue weighted by Gasteiger charge is -2.40. The maximum atomic E-state index is 13.4. The van der Waals surface area contributed by atoms with Gasteiger partial charge in [0.25, 0.3) is 17.5 Å². The van der Waals surface area contributed by atoms with Crippen LogP contribution in [0.5, 0.6) is 5.75 Å². The summed E-state index contributed by atoms with van der Waals surface area (Å²) < 4.78 is 6.92. The fourth-order valence-corrected chi connectivity index (χ4v) is 5.47. The zero-order valence-corrected chi connectivity index (χ0v) is 18.2. The number of aromatic amines is 1. The van der Waals surface area contributed by atoms with Crippen LogP contribution in [0.15, 0.2) is 36.4 Å². The molecule has 3 N–H and O–H groups in total. The molecule has 32 heavy (non-hydrogen) atoms. The quantitative estimate of drug-likeness (QED) is 0.370. The molecular weight excluding hydrogens is 457 g/mol. The van der Waals surface area contributed by atoms with Gasteiger partial charge in [-0.05, 0) is 36.4 Å². The van der Waals surface area contributed by atoms with Crippen molar-refractivity contribution in [2.24, 2.45) is 0 Å². The third kappa shape index (κ3) is 1.89. The number of ether oxygens (including phenoxy) is 1. The Hall–Kier alpha value is -3.04. The van der Waals surface area contributed by atoms with Crippen molar-refractivity contribution >= 4 is 56.8 Å². The van der Waals surface area contributed by atoms with Crippen LogP contribution < -0.4 is 4.74 Å². The van der Waals surface area contributed by atoms with Gasteiger partial charge in [0.2, 0.25) is 5.60 Å². The molecule has 6 rings (SSSR count). The van der Waals surface area contributed by atoms with Crippen molar-refractivity contribution in [2.45, 2.75) is 11.3 Å². The predicted octanol–water partition coefficient (Wildman–Crippen LogP) is 2.95. The molecule has 1 saturated heterocycles. The van der Waals surface area contributed by atoms with E-state index < -0.39 is 23.1 Å². The van der Waals surface area contributed by atoms with E-state index in [1.54, 1.807) is 36.4 Å². The van der Waals surface area contributed by atoms with Crippen LogP contribution in [0.4, 0.5) is 0 Å².